The zero-order valence-corrected chi connectivity index (χ0v) is 17.8. The molecule has 7 heteroatoms. The average Bonchev–Trinajstić information content (AvgIpc) is 3.13. The number of hydrogen-bond acceptors (Lipinski definition) is 4. The lowest BCUT2D eigenvalue weighted by Crippen LogP contribution is -2.38. The lowest BCUT2D eigenvalue weighted by molar-refractivity contribution is 0.310. The molecule has 0 bridgehead atoms. The van der Waals surface area contributed by atoms with Crippen LogP contribution < -0.4 is 20.1 Å². The highest BCUT2D eigenvalue weighted by Gasteiger charge is 1.99. The van der Waals surface area contributed by atoms with Crippen LogP contribution in [-0.2, 0) is 6.54 Å². The minimum Gasteiger partial charge on any atom is -0.497 e. The van der Waals surface area contributed by atoms with Crippen molar-refractivity contribution in [2.75, 3.05) is 26.8 Å². The van der Waals surface area contributed by atoms with E-state index >= 15 is 0 Å². The molecule has 0 spiro atoms. The van der Waals surface area contributed by atoms with Gasteiger partial charge in [-0.3, -0.25) is 0 Å². The van der Waals surface area contributed by atoms with E-state index in [1.807, 2.05) is 30.3 Å². The van der Waals surface area contributed by atoms with Gasteiger partial charge in [0.15, 0.2) is 5.96 Å². The summed E-state index contributed by atoms with van der Waals surface area (Å²) in [6.45, 7) is 5.08. The highest BCUT2D eigenvalue weighted by Crippen LogP contribution is 2.16. The first kappa shape index (κ1) is 21.6. The van der Waals surface area contributed by atoms with E-state index in [-0.39, 0.29) is 24.0 Å². The molecule has 0 aliphatic carbocycles. The first-order chi connectivity index (χ1) is 11.8. The predicted octanol–water partition coefficient (Wildman–Crippen LogP) is 3.90. The van der Waals surface area contributed by atoms with Crippen LogP contribution in [0.2, 0.25) is 0 Å². The molecule has 5 nitrogen and oxygen atoms in total. The molecule has 2 N–H and O–H groups in total. The molecule has 0 aliphatic rings. The van der Waals surface area contributed by atoms with Crippen molar-refractivity contribution in [3.8, 4) is 11.5 Å². The summed E-state index contributed by atoms with van der Waals surface area (Å²) < 4.78 is 10.8. The van der Waals surface area contributed by atoms with Crippen LogP contribution in [0.3, 0.4) is 0 Å². The van der Waals surface area contributed by atoms with E-state index in [0.717, 1.165) is 37.0 Å². The first-order valence-corrected chi connectivity index (χ1v) is 9.01. The minimum absolute atomic E-state index is 0. The number of ether oxygens (including phenoxy) is 2. The second-order valence-electron chi connectivity index (χ2n) is 5.08. The molecule has 0 amide bonds. The van der Waals surface area contributed by atoms with Crippen LogP contribution in [0.1, 0.15) is 18.2 Å². The number of nitrogens with one attached hydrogen (secondary N) is 2. The quantitative estimate of drug-likeness (QED) is 0.250. The number of rotatable bonds is 9. The number of guanidine groups is 1. The van der Waals surface area contributed by atoms with Crippen LogP contribution in [0.4, 0.5) is 0 Å². The largest absolute Gasteiger partial charge is 0.497 e. The smallest absolute Gasteiger partial charge is 0.191 e. The van der Waals surface area contributed by atoms with Crippen molar-refractivity contribution in [3.05, 3.63) is 46.7 Å². The number of hydrogen-bond donors (Lipinski definition) is 2. The molecule has 0 saturated carbocycles. The van der Waals surface area contributed by atoms with Crippen molar-refractivity contribution < 1.29 is 9.47 Å². The fourth-order valence-electron chi connectivity index (χ4n) is 2.04. The summed E-state index contributed by atoms with van der Waals surface area (Å²) in [5.41, 5.74) is 0. The van der Waals surface area contributed by atoms with E-state index < -0.39 is 0 Å². The Morgan fingerprint density at radius 3 is 2.52 bits per heavy atom. The van der Waals surface area contributed by atoms with E-state index in [4.69, 9.17) is 9.47 Å². The second kappa shape index (κ2) is 12.8. The van der Waals surface area contributed by atoms with Gasteiger partial charge in [-0.2, -0.15) is 0 Å². The second-order valence-corrected chi connectivity index (χ2v) is 6.11. The van der Waals surface area contributed by atoms with Crippen molar-refractivity contribution in [2.24, 2.45) is 4.99 Å². The number of halogens is 1. The van der Waals surface area contributed by atoms with Crippen molar-refractivity contribution in [1.82, 2.24) is 10.6 Å². The molecule has 0 unspecified atom stereocenters. The fraction of sp³-hybridized carbons (Fsp3) is 0.389. The summed E-state index contributed by atoms with van der Waals surface area (Å²) in [7, 11) is 1.66. The third-order valence-electron chi connectivity index (χ3n) is 3.26. The molecule has 138 valence electrons. The van der Waals surface area contributed by atoms with Crippen LogP contribution in [0.5, 0.6) is 11.5 Å². The van der Waals surface area contributed by atoms with Gasteiger partial charge in [0.25, 0.3) is 0 Å². The van der Waals surface area contributed by atoms with Crippen LogP contribution in [0.25, 0.3) is 0 Å². The Morgan fingerprint density at radius 1 is 1.12 bits per heavy atom. The highest BCUT2D eigenvalue weighted by molar-refractivity contribution is 14.0. The van der Waals surface area contributed by atoms with Crippen molar-refractivity contribution in [3.63, 3.8) is 0 Å². The lowest BCUT2D eigenvalue weighted by atomic mass is 10.3. The Hall–Kier alpha value is -1.48. The van der Waals surface area contributed by atoms with Gasteiger partial charge in [-0.05, 0) is 49.1 Å². The van der Waals surface area contributed by atoms with Gasteiger partial charge in [0.05, 0.1) is 20.3 Å². The minimum atomic E-state index is 0. The molecular weight excluding hydrogens is 449 g/mol. The van der Waals surface area contributed by atoms with E-state index in [2.05, 4.69) is 34.0 Å². The van der Waals surface area contributed by atoms with Crippen LogP contribution >= 0.6 is 35.3 Å². The Morgan fingerprint density at radius 2 is 1.88 bits per heavy atom. The topological polar surface area (TPSA) is 54.9 Å². The van der Waals surface area contributed by atoms with E-state index in [0.29, 0.717) is 13.2 Å². The summed E-state index contributed by atoms with van der Waals surface area (Å²) in [5, 5.41) is 8.66. The Bertz CT molecular complexity index is 603. The van der Waals surface area contributed by atoms with Crippen LogP contribution in [-0.4, -0.2) is 32.8 Å². The molecule has 1 aromatic heterocycles. The Balaban J connectivity index is 0.00000312. The molecule has 2 rings (SSSR count). The Kier molecular flexibility index (Phi) is 11.1. The van der Waals surface area contributed by atoms with E-state index in [1.54, 1.807) is 18.4 Å². The molecule has 2 aromatic rings. The maximum atomic E-state index is 5.71. The van der Waals surface area contributed by atoms with E-state index in [1.165, 1.54) is 4.88 Å². The van der Waals surface area contributed by atoms with E-state index in [9.17, 15) is 0 Å². The maximum Gasteiger partial charge on any atom is 0.191 e. The molecular formula is C18H26IN3O2S. The molecule has 0 radical (unpaired) electrons. The third kappa shape index (κ3) is 8.44. The number of benzene rings is 1. The Labute approximate surface area is 170 Å². The number of thiophene rings is 1. The monoisotopic (exact) mass is 475 g/mol. The van der Waals surface area contributed by atoms with Crippen molar-refractivity contribution in [1.29, 1.82) is 0 Å². The number of methoxy groups -OCH3 is 1. The molecule has 1 aromatic carbocycles. The number of aliphatic imine (C=N–C) groups is 1. The van der Waals surface area contributed by atoms with Gasteiger partial charge in [-0.25, -0.2) is 4.99 Å². The highest BCUT2D eigenvalue weighted by atomic mass is 127. The molecule has 0 aliphatic heterocycles. The third-order valence-corrected chi connectivity index (χ3v) is 4.12. The normalized spacial score (nSPS) is 10.7. The molecule has 0 atom stereocenters. The molecule has 0 saturated heterocycles. The maximum absolute atomic E-state index is 5.71. The zero-order chi connectivity index (χ0) is 17.0. The predicted molar refractivity (Wildman–Crippen MR) is 116 cm³/mol. The summed E-state index contributed by atoms with van der Waals surface area (Å²) in [6, 6.07) is 11.8. The summed E-state index contributed by atoms with van der Waals surface area (Å²) in [4.78, 5) is 5.84. The lowest BCUT2D eigenvalue weighted by Gasteiger charge is -2.11. The van der Waals surface area contributed by atoms with Crippen molar-refractivity contribution in [2.45, 2.75) is 19.9 Å². The molecule has 1 heterocycles. The van der Waals surface area contributed by atoms with Gasteiger partial charge < -0.3 is 20.1 Å². The van der Waals surface area contributed by atoms with Gasteiger partial charge in [-0.15, -0.1) is 35.3 Å². The van der Waals surface area contributed by atoms with Crippen LogP contribution in [0, 0.1) is 0 Å². The van der Waals surface area contributed by atoms with Crippen LogP contribution in [0.15, 0.2) is 46.8 Å². The fourth-order valence-corrected chi connectivity index (χ4v) is 2.67. The van der Waals surface area contributed by atoms with Crippen molar-refractivity contribution >= 4 is 41.3 Å². The standard InChI is InChI=1S/C18H25N3O2S.HI/c1-3-19-18(21-14-17-6-4-13-24-17)20-11-5-12-23-16-9-7-15(22-2)8-10-16;/h4,6-10,13H,3,5,11-12,14H2,1-2H3,(H2,19,20,21);1H. The van der Waals surface area contributed by atoms with Gasteiger partial charge >= 0.3 is 0 Å². The van der Waals surface area contributed by atoms with Gasteiger partial charge in [0.1, 0.15) is 11.5 Å². The SMILES string of the molecule is CCNC(=NCc1cccs1)NCCCOc1ccc(OC)cc1.I. The molecule has 25 heavy (non-hydrogen) atoms. The van der Waals surface area contributed by atoms with Gasteiger partial charge in [-0.1, -0.05) is 6.07 Å². The summed E-state index contributed by atoms with van der Waals surface area (Å²) in [6.07, 6.45) is 0.898. The summed E-state index contributed by atoms with van der Waals surface area (Å²) >= 11 is 1.72. The first-order valence-electron chi connectivity index (χ1n) is 8.13. The average molecular weight is 475 g/mol. The zero-order valence-electron chi connectivity index (χ0n) is 14.7. The van der Waals surface area contributed by atoms with Gasteiger partial charge in [0, 0.05) is 18.0 Å². The summed E-state index contributed by atoms with van der Waals surface area (Å²) in [5.74, 6) is 2.53. The van der Waals surface area contributed by atoms with Gasteiger partial charge in [0.2, 0.25) is 0 Å². The number of nitrogens with zero attached hydrogens (tertiary/aromatic N) is 1. The molecule has 0 fully saturated rings.